The van der Waals surface area contributed by atoms with Gasteiger partial charge in [-0.25, -0.2) is 30.1 Å². The third-order valence-electron chi connectivity index (χ3n) is 4.59. The Bertz CT molecular complexity index is 865. The highest BCUT2D eigenvalue weighted by atomic mass is 16.5. The van der Waals surface area contributed by atoms with E-state index in [1.807, 2.05) is 36.4 Å². The van der Waals surface area contributed by atoms with Crippen molar-refractivity contribution < 1.29 is 9.53 Å². The highest BCUT2D eigenvalue weighted by molar-refractivity contribution is 6.06. The van der Waals surface area contributed by atoms with Crippen LogP contribution in [0.25, 0.3) is 0 Å². The lowest BCUT2D eigenvalue weighted by atomic mass is 10.1. The number of benzene rings is 1. The van der Waals surface area contributed by atoms with Gasteiger partial charge in [-0.2, -0.15) is 0 Å². The zero-order valence-electron chi connectivity index (χ0n) is 15.9. The van der Waals surface area contributed by atoms with Crippen LogP contribution >= 0.6 is 0 Å². The highest BCUT2D eigenvalue weighted by Crippen LogP contribution is 2.25. The van der Waals surface area contributed by atoms with Crippen molar-refractivity contribution >= 4 is 23.4 Å². The monoisotopic (exact) mass is 390 g/mol. The van der Waals surface area contributed by atoms with E-state index >= 15 is 0 Å². The van der Waals surface area contributed by atoms with Crippen molar-refractivity contribution in [2.24, 2.45) is 0 Å². The van der Waals surface area contributed by atoms with Gasteiger partial charge in [0.1, 0.15) is 0 Å². The number of hydrogen-bond acceptors (Lipinski definition) is 6. The minimum Gasteiger partial charge on any atom is -0.381 e. The number of nitrogens with one attached hydrogen (secondary N) is 1. The van der Waals surface area contributed by atoms with Crippen molar-refractivity contribution in [1.29, 1.82) is 0 Å². The second kappa shape index (κ2) is 9.22. The maximum absolute atomic E-state index is 13.8. The van der Waals surface area contributed by atoms with Crippen LogP contribution in [0.5, 0.6) is 0 Å². The Morgan fingerprint density at radius 1 is 0.931 bits per heavy atom. The van der Waals surface area contributed by atoms with Crippen LogP contribution in [0.15, 0.2) is 73.3 Å². The molecule has 8 nitrogen and oxygen atoms in total. The van der Waals surface area contributed by atoms with Gasteiger partial charge in [0.15, 0.2) is 0 Å². The number of carbonyl (C=O) groups is 1. The Hall–Kier alpha value is -3.36. The number of hydrogen-bond donors (Lipinski definition) is 1. The molecule has 1 fully saturated rings. The van der Waals surface area contributed by atoms with Crippen molar-refractivity contribution in [2.75, 3.05) is 23.1 Å². The molecule has 2 amide bonds. The van der Waals surface area contributed by atoms with Gasteiger partial charge in [0.05, 0.1) is 17.6 Å². The van der Waals surface area contributed by atoms with E-state index in [-0.39, 0.29) is 12.1 Å². The van der Waals surface area contributed by atoms with E-state index in [0.29, 0.717) is 30.5 Å². The molecule has 0 unspecified atom stereocenters. The summed E-state index contributed by atoms with van der Waals surface area (Å²) in [6, 6.07) is 14.5. The van der Waals surface area contributed by atoms with Crippen molar-refractivity contribution in [3.8, 4) is 0 Å². The fourth-order valence-electron chi connectivity index (χ4n) is 3.13. The second-order valence-corrected chi connectivity index (χ2v) is 6.56. The minimum atomic E-state index is -0.318. The number of rotatable bonds is 5. The minimum absolute atomic E-state index is 0.113. The molecule has 4 rings (SSSR count). The topological polar surface area (TPSA) is 83.5 Å². The van der Waals surface area contributed by atoms with Crippen LogP contribution in [0, 0.1) is 0 Å². The van der Waals surface area contributed by atoms with Gasteiger partial charge < -0.3 is 4.74 Å². The Morgan fingerprint density at radius 2 is 1.66 bits per heavy atom. The fourth-order valence-corrected chi connectivity index (χ4v) is 3.13. The van der Waals surface area contributed by atoms with Gasteiger partial charge in [-0.05, 0) is 43.2 Å². The average Bonchev–Trinajstić information content (AvgIpc) is 2.80. The summed E-state index contributed by atoms with van der Waals surface area (Å²) < 4.78 is 5.45. The van der Waals surface area contributed by atoms with Crippen LogP contribution in [0.2, 0.25) is 0 Å². The van der Waals surface area contributed by atoms with E-state index in [0.717, 1.165) is 12.8 Å². The van der Waals surface area contributed by atoms with Gasteiger partial charge in [0, 0.05) is 37.8 Å². The molecule has 0 radical (unpaired) electrons. The summed E-state index contributed by atoms with van der Waals surface area (Å²) in [6.45, 7) is 1.33. The first-order valence-corrected chi connectivity index (χ1v) is 9.53. The number of urea groups is 1. The zero-order valence-corrected chi connectivity index (χ0v) is 15.9. The lowest BCUT2D eigenvalue weighted by Crippen LogP contribution is -2.54. The predicted octanol–water partition coefficient (Wildman–Crippen LogP) is 3.32. The Labute approximate surface area is 169 Å². The van der Waals surface area contributed by atoms with Gasteiger partial charge in [-0.15, -0.1) is 0 Å². The largest absolute Gasteiger partial charge is 0.381 e. The number of anilines is 3. The molecule has 1 saturated heterocycles. The molecule has 0 saturated carbocycles. The molecule has 0 bridgehead atoms. The molecule has 0 aliphatic carbocycles. The molecule has 29 heavy (non-hydrogen) atoms. The second-order valence-electron chi connectivity index (χ2n) is 6.56. The molecule has 3 aromatic rings. The zero-order chi connectivity index (χ0) is 19.9. The molecule has 8 heteroatoms. The first kappa shape index (κ1) is 19.0. The number of nitrogens with zero attached hydrogens (tertiary/aromatic N) is 5. The van der Waals surface area contributed by atoms with E-state index in [2.05, 4.69) is 20.4 Å². The molecule has 1 N–H and O–H groups in total. The van der Waals surface area contributed by atoms with Crippen LogP contribution < -0.4 is 15.3 Å². The smallest absolute Gasteiger partial charge is 0.350 e. The molecular weight excluding hydrogens is 368 g/mol. The molecule has 2 aromatic heterocycles. The first-order valence-electron chi connectivity index (χ1n) is 9.53. The number of pyridine rings is 1. The summed E-state index contributed by atoms with van der Waals surface area (Å²) in [6.07, 6.45) is 8.20. The summed E-state index contributed by atoms with van der Waals surface area (Å²) in [5.41, 5.74) is 4.67. The number of ether oxygens (including phenoxy) is 1. The Kier molecular flexibility index (Phi) is 6.04. The number of carbonyl (C=O) groups excluding carboxylic acids is 1. The SMILES string of the molecule is O=C(N(NC1CCOCC1)c1cccnc1)N(c1ccccc1)c1ncccn1. The number of para-hydroxylation sites is 1. The molecule has 1 aromatic carbocycles. The average molecular weight is 390 g/mol. The molecule has 0 spiro atoms. The molecule has 148 valence electrons. The van der Waals surface area contributed by atoms with Crippen LogP contribution in [-0.2, 0) is 4.74 Å². The van der Waals surface area contributed by atoms with Gasteiger partial charge >= 0.3 is 6.03 Å². The molecule has 0 atom stereocenters. The maximum atomic E-state index is 13.8. The summed E-state index contributed by atoms with van der Waals surface area (Å²) in [5, 5.41) is 1.52. The van der Waals surface area contributed by atoms with Crippen LogP contribution in [-0.4, -0.2) is 40.2 Å². The summed E-state index contributed by atoms with van der Waals surface area (Å²) in [5.74, 6) is 0.298. The Balaban J connectivity index is 1.71. The molecular formula is C21H22N6O2. The summed E-state index contributed by atoms with van der Waals surface area (Å²) >= 11 is 0. The number of aromatic nitrogens is 3. The van der Waals surface area contributed by atoms with Crippen LogP contribution in [0.1, 0.15) is 12.8 Å². The lowest BCUT2D eigenvalue weighted by Gasteiger charge is -2.34. The quantitative estimate of drug-likeness (QED) is 0.673. The van der Waals surface area contributed by atoms with E-state index < -0.39 is 0 Å². The fraction of sp³-hybridized carbons (Fsp3) is 0.238. The van der Waals surface area contributed by atoms with E-state index in [1.54, 1.807) is 36.9 Å². The number of hydrazine groups is 1. The summed E-state index contributed by atoms with van der Waals surface area (Å²) in [7, 11) is 0. The third kappa shape index (κ3) is 4.56. The van der Waals surface area contributed by atoms with Gasteiger partial charge in [-0.1, -0.05) is 18.2 Å². The standard InChI is InChI=1S/C21H22N6O2/c28-21(26(18-6-2-1-3-7-18)20-23-12-5-13-24-20)27(19-8-4-11-22-16-19)25-17-9-14-29-15-10-17/h1-8,11-13,16-17,25H,9-10,14-15H2. The maximum Gasteiger partial charge on any atom is 0.350 e. The van der Waals surface area contributed by atoms with E-state index in [9.17, 15) is 4.79 Å². The van der Waals surface area contributed by atoms with Crippen molar-refractivity contribution in [3.05, 3.63) is 73.3 Å². The number of amides is 2. The Morgan fingerprint density at radius 3 is 2.34 bits per heavy atom. The van der Waals surface area contributed by atoms with Crippen molar-refractivity contribution in [2.45, 2.75) is 18.9 Å². The van der Waals surface area contributed by atoms with E-state index in [4.69, 9.17) is 4.74 Å². The molecule has 1 aliphatic heterocycles. The molecule has 3 heterocycles. The van der Waals surface area contributed by atoms with Crippen molar-refractivity contribution in [3.63, 3.8) is 0 Å². The normalized spacial score (nSPS) is 14.3. The van der Waals surface area contributed by atoms with Gasteiger partial charge in [0.25, 0.3) is 0 Å². The van der Waals surface area contributed by atoms with Crippen LogP contribution in [0.4, 0.5) is 22.1 Å². The molecule has 1 aliphatic rings. The predicted molar refractivity (Wildman–Crippen MR) is 110 cm³/mol. The van der Waals surface area contributed by atoms with Gasteiger partial charge in [-0.3, -0.25) is 4.98 Å². The van der Waals surface area contributed by atoms with Gasteiger partial charge in [0.2, 0.25) is 5.95 Å². The van der Waals surface area contributed by atoms with Crippen LogP contribution in [0.3, 0.4) is 0 Å². The van der Waals surface area contributed by atoms with E-state index in [1.165, 1.54) is 9.91 Å². The first-order chi connectivity index (χ1) is 14.3. The summed E-state index contributed by atoms with van der Waals surface area (Å²) in [4.78, 5) is 28.0. The lowest BCUT2D eigenvalue weighted by molar-refractivity contribution is 0.0777. The highest BCUT2D eigenvalue weighted by Gasteiger charge is 2.29. The van der Waals surface area contributed by atoms with Crippen molar-refractivity contribution in [1.82, 2.24) is 20.4 Å². The third-order valence-corrected chi connectivity index (χ3v) is 4.59.